The molecule has 39 heavy (non-hydrogen) atoms. The van der Waals surface area contributed by atoms with Crippen molar-refractivity contribution in [3.8, 4) is 5.75 Å². The predicted octanol–water partition coefficient (Wildman–Crippen LogP) is 5.40. The van der Waals surface area contributed by atoms with Gasteiger partial charge in [0.1, 0.15) is 17.4 Å². The Hall–Kier alpha value is -3.53. The summed E-state index contributed by atoms with van der Waals surface area (Å²) in [5.74, 6) is 2.18. The lowest BCUT2D eigenvalue weighted by Crippen LogP contribution is -2.49. The molecule has 1 aromatic heterocycles. The summed E-state index contributed by atoms with van der Waals surface area (Å²) >= 11 is 0. The van der Waals surface area contributed by atoms with Gasteiger partial charge in [-0.1, -0.05) is 43.7 Å². The van der Waals surface area contributed by atoms with Crippen molar-refractivity contribution in [2.75, 3.05) is 38.6 Å². The fourth-order valence-electron chi connectivity index (χ4n) is 4.97. The molecule has 3 aromatic carbocycles. The Morgan fingerprint density at radius 2 is 1.69 bits per heavy atom. The number of rotatable bonds is 9. The van der Waals surface area contributed by atoms with Gasteiger partial charge in [-0.25, -0.2) is 18.4 Å². The molecule has 0 unspecified atom stereocenters. The van der Waals surface area contributed by atoms with E-state index in [1.807, 2.05) is 60.7 Å². The van der Waals surface area contributed by atoms with E-state index in [1.54, 1.807) is 23.5 Å². The topological polar surface area (TPSA) is 87.7 Å². The average Bonchev–Trinajstić information content (AvgIpc) is 2.97. The number of nitrogens with one attached hydrogen (secondary N) is 1. The van der Waals surface area contributed by atoms with Crippen LogP contribution in [0.1, 0.15) is 37.7 Å². The number of piperazine rings is 1. The number of anilines is 2. The molecule has 1 atom stereocenters. The second kappa shape index (κ2) is 11.7. The van der Waals surface area contributed by atoms with Gasteiger partial charge in [0.15, 0.2) is 0 Å². The normalized spacial score (nSPS) is 15.8. The second-order valence-corrected chi connectivity index (χ2v) is 11.8. The lowest BCUT2D eigenvalue weighted by atomic mass is 10.1. The standard InChI is InChI=1S/C30H35N5O3S/c1-4-8-23-13-15-26(16-14-23)39(36,37)35-19-17-34(18-20-35)22(2)29-32-28-12-6-5-11-27(28)30(33-29)31-24-9-7-10-25(21-24)38-3/h5-7,9-16,21-22H,4,8,17-20H2,1-3H3,(H,31,32,33)/t22-/m1/s1. The summed E-state index contributed by atoms with van der Waals surface area (Å²) < 4.78 is 33.5. The maximum Gasteiger partial charge on any atom is 0.243 e. The third-order valence-electron chi connectivity index (χ3n) is 7.25. The number of para-hydroxylation sites is 1. The highest BCUT2D eigenvalue weighted by molar-refractivity contribution is 7.89. The minimum atomic E-state index is -3.53. The van der Waals surface area contributed by atoms with Crippen LogP contribution >= 0.6 is 0 Å². The zero-order valence-electron chi connectivity index (χ0n) is 22.7. The molecule has 0 bridgehead atoms. The zero-order chi connectivity index (χ0) is 27.4. The number of aromatic nitrogens is 2. The van der Waals surface area contributed by atoms with Crippen molar-refractivity contribution < 1.29 is 13.2 Å². The third kappa shape index (κ3) is 5.90. The van der Waals surface area contributed by atoms with Gasteiger partial charge >= 0.3 is 0 Å². The number of hydrogen-bond acceptors (Lipinski definition) is 7. The molecule has 1 aliphatic rings. The van der Waals surface area contributed by atoms with Gasteiger partial charge in [0.05, 0.1) is 23.6 Å². The highest BCUT2D eigenvalue weighted by Gasteiger charge is 2.31. The zero-order valence-corrected chi connectivity index (χ0v) is 23.5. The fraction of sp³-hybridized carbons (Fsp3) is 0.333. The number of methoxy groups -OCH3 is 1. The first kappa shape index (κ1) is 27.1. The summed E-state index contributed by atoms with van der Waals surface area (Å²) in [6, 6.07) is 22.9. The molecule has 2 heterocycles. The molecular formula is C30H35N5O3S. The lowest BCUT2D eigenvalue weighted by molar-refractivity contribution is 0.141. The summed E-state index contributed by atoms with van der Waals surface area (Å²) in [6.07, 6.45) is 1.98. The number of fused-ring (bicyclic) bond motifs is 1. The monoisotopic (exact) mass is 545 g/mol. The number of ether oxygens (including phenoxy) is 1. The van der Waals surface area contributed by atoms with E-state index in [2.05, 4.69) is 24.1 Å². The maximum absolute atomic E-state index is 13.3. The van der Waals surface area contributed by atoms with Gasteiger partial charge in [-0.2, -0.15) is 4.31 Å². The summed E-state index contributed by atoms with van der Waals surface area (Å²) in [4.78, 5) is 12.4. The smallest absolute Gasteiger partial charge is 0.243 e. The first-order valence-corrected chi connectivity index (χ1v) is 14.8. The van der Waals surface area contributed by atoms with Crippen LogP contribution in [0.5, 0.6) is 5.75 Å². The highest BCUT2D eigenvalue weighted by atomic mass is 32.2. The Morgan fingerprint density at radius 1 is 0.949 bits per heavy atom. The Labute approximate surface area is 230 Å². The lowest BCUT2D eigenvalue weighted by Gasteiger charge is -2.37. The highest BCUT2D eigenvalue weighted by Crippen LogP contribution is 2.29. The van der Waals surface area contributed by atoms with E-state index in [0.29, 0.717) is 36.9 Å². The summed E-state index contributed by atoms with van der Waals surface area (Å²) in [6.45, 7) is 6.24. The van der Waals surface area contributed by atoms with Crippen LogP contribution < -0.4 is 10.1 Å². The van der Waals surface area contributed by atoms with Crippen LogP contribution in [-0.2, 0) is 16.4 Å². The Balaban J connectivity index is 1.33. The number of aryl methyl sites for hydroxylation is 1. The van der Waals surface area contributed by atoms with Crippen molar-refractivity contribution in [1.82, 2.24) is 19.2 Å². The minimum Gasteiger partial charge on any atom is -0.497 e. The van der Waals surface area contributed by atoms with Crippen LogP contribution in [-0.4, -0.2) is 60.9 Å². The minimum absolute atomic E-state index is 0.0846. The quantitative estimate of drug-likeness (QED) is 0.301. The van der Waals surface area contributed by atoms with Crippen LogP contribution in [0.15, 0.2) is 77.7 Å². The van der Waals surface area contributed by atoms with Crippen molar-refractivity contribution in [2.24, 2.45) is 0 Å². The van der Waals surface area contributed by atoms with E-state index in [-0.39, 0.29) is 6.04 Å². The largest absolute Gasteiger partial charge is 0.497 e. The summed E-state index contributed by atoms with van der Waals surface area (Å²) in [5, 5.41) is 4.37. The first-order valence-electron chi connectivity index (χ1n) is 13.4. The second-order valence-electron chi connectivity index (χ2n) is 9.81. The van der Waals surface area contributed by atoms with Gasteiger partial charge in [0.25, 0.3) is 0 Å². The first-order chi connectivity index (χ1) is 18.9. The van der Waals surface area contributed by atoms with E-state index in [1.165, 1.54) is 0 Å². The SMILES string of the molecule is CCCc1ccc(S(=O)(=O)N2CCN([C@H](C)c3nc(Nc4cccc(OC)c4)c4ccccc4n3)CC2)cc1. The molecule has 0 spiro atoms. The summed E-state index contributed by atoms with van der Waals surface area (Å²) in [7, 11) is -1.88. The molecule has 1 saturated heterocycles. The van der Waals surface area contributed by atoms with Gasteiger partial charge in [-0.15, -0.1) is 0 Å². The van der Waals surface area contributed by atoms with Crippen LogP contribution in [0, 0.1) is 0 Å². The molecule has 0 amide bonds. The van der Waals surface area contributed by atoms with Gasteiger partial charge in [-0.3, -0.25) is 4.90 Å². The molecular weight excluding hydrogens is 510 g/mol. The molecule has 204 valence electrons. The van der Waals surface area contributed by atoms with Crippen LogP contribution in [0.2, 0.25) is 0 Å². The number of benzene rings is 3. The van der Waals surface area contributed by atoms with Gasteiger partial charge in [0.2, 0.25) is 10.0 Å². The van der Waals surface area contributed by atoms with Crippen molar-refractivity contribution >= 4 is 32.4 Å². The summed E-state index contributed by atoms with van der Waals surface area (Å²) in [5.41, 5.74) is 2.89. The molecule has 9 heteroatoms. The average molecular weight is 546 g/mol. The van der Waals surface area contributed by atoms with Crippen molar-refractivity contribution in [1.29, 1.82) is 0 Å². The van der Waals surface area contributed by atoms with Crippen molar-refractivity contribution in [3.05, 3.63) is 84.2 Å². The van der Waals surface area contributed by atoms with Crippen LogP contribution in [0.4, 0.5) is 11.5 Å². The molecule has 0 radical (unpaired) electrons. The van der Waals surface area contributed by atoms with E-state index in [4.69, 9.17) is 14.7 Å². The third-order valence-corrected chi connectivity index (χ3v) is 9.16. The number of sulfonamides is 1. The molecule has 0 aliphatic carbocycles. The molecule has 1 fully saturated rings. The van der Waals surface area contributed by atoms with E-state index >= 15 is 0 Å². The Kier molecular flexibility index (Phi) is 8.11. The Bertz CT molecular complexity index is 1530. The van der Waals surface area contributed by atoms with Gasteiger partial charge < -0.3 is 10.1 Å². The number of hydrogen-bond donors (Lipinski definition) is 1. The van der Waals surface area contributed by atoms with E-state index in [9.17, 15) is 8.42 Å². The molecule has 5 rings (SSSR count). The molecule has 1 aliphatic heterocycles. The van der Waals surface area contributed by atoms with Crippen LogP contribution in [0.3, 0.4) is 0 Å². The molecule has 8 nitrogen and oxygen atoms in total. The molecule has 0 saturated carbocycles. The Morgan fingerprint density at radius 3 is 2.41 bits per heavy atom. The van der Waals surface area contributed by atoms with Crippen molar-refractivity contribution in [3.63, 3.8) is 0 Å². The van der Waals surface area contributed by atoms with Crippen molar-refractivity contribution in [2.45, 2.75) is 37.6 Å². The van der Waals surface area contributed by atoms with Crippen LogP contribution in [0.25, 0.3) is 10.9 Å². The predicted molar refractivity (Wildman–Crippen MR) is 155 cm³/mol. The molecule has 4 aromatic rings. The van der Waals surface area contributed by atoms with Gasteiger partial charge in [0, 0.05) is 43.3 Å². The van der Waals surface area contributed by atoms with E-state index in [0.717, 1.165) is 46.6 Å². The van der Waals surface area contributed by atoms with E-state index < -0.39 is 10.0 Å². The number of nitrogens with zero attached hydrogens (tertiary/aromatic N) is 4. The van der Waals surface area contributed by atoms with Gasteiger partial charge in [-0.05, 0) is 55.3 Å². The maximum atomic E-state index is 13.3. The molecule has 1 N–H and O–H groups in total. The fourth-order valence-corrected chi connectivity index (χ4v) is 6.40.